The number of hydrogen-bond donors (Lipinski definition) is 1. The van der Waals surface area contributed by atoms with Gasteiger partial charge in [-0.05, 0) is 38.0 Å². The Morgan fingerprint density at radius 3 is 2.83 bits per heavy atom. The molecule has 2 rings (SSSR count). The van der Waals surface area contributed by atoms with Gasteiger partial charge in [0.15, 0.2) is 0 Å². The Hall–Kier alpha value is -0.0800. The Morgan fingerprint density at radius 1 is 1.25 bits per heavy atom. The van der Waals surface area contributed by atoms with Gasteiger partial charge in [-0.1, -0.05) is 12.8 Å². The molecule has 0 amide bonds. The van der Waals surface area contributed by atoms with E-state index in [9.17, 15) is 5.11 Å². The van der Waals surface area contributed by atoms with Crippen molar-refractivity contribution in [1.29, 1.82) is 0 Å². The highest BCUT2D eigenvalue weighted by Gasteiger charge is 2.39. The Balaban J connectivity index is 1.91. The summed E-state index contributed by atoms with van der Waals surface area (Å²) < 4.78 is 0. The van der Waals surface area contributed by atoms with Gasteiger partial charge in [-0.25, -0.2) is 5.11 Å². The van der Waals surface area contributed by atoms with Crippen LogP contribution in [0.5, 0.6) is 0 Å². The number of fused-ring (bicyclic) bond motifs is 1. The van der Waals surface area contributed by atoms with Crippen molar-refractivity contribution < 1.29 is 5.11 Å². The summed E-state index contributed by atoms with van der Waals surface area (Å²) in [5.41, 5.74) is 0. The van der Waals surface area contributed by atoms with Crippen LogP contribution in [0.1, 0.15) is 39.0 Å². The normalized spacial score (nSPS) is 43.0. The first kappa shape index (κ1) is 8.52. The second-order valence-electron chi connectivity index (χ2n) is 4.35. The third kappa shape index (κ3) is 1.50. The van der Waals surface area contributed by atoms with E-state index in [-0.39, 0.29) is 0 Å². The summed E-state index contributed by atoms with van der Waals surface area (Å²) in [7, 11) is 0. The van der Waals surface area contributed by atoms with Crippen molar-refractivity contribution in [3.8, 4) is 0 Å². The van der Waals surface area contributed by atoms with E-state index in [2.05, 4.69) is 5.32 Å². The molecule has 2 heteroatoms. The summed E-state index contributed by atoms with van der Waals surface area (Å²) in [5.74, 6) is 1.78. The lowest BCUT2D eigenvalue weighted by Crippen LogP contribution is -2.38. The van der Waals surface area contributed by atoms with Gasteiger partial charge in [-0.15, -0.1) is 0 Å². The molecule has 0 aromatic heterocycles. The van der Waals surface area contributed by atoms with Crippen molar-refractivity contribution in [3.63, 3.8) is 0 Å². The van der Waals surface area contributed by atoms with E-state index < -0.39 is 6.23 Å². The van der Waals surface area contributed by atoms with Crippen molar-refractivity contribution in [2.45, 2.75) is 51.3 Å². The van der Waals surface area contributed by atoms with Crippen LogP contribution >= 0.6 is 0 Å². The topological polar surface area (TPSA) is 31.9 Å². The van der Waals surface area contributed by atoms with E-state index in [4.69, 9.17) is 0 Å². The lowest BCUT2D eigenvalue weighted by atomic mass is 9.98. The number of rotatable bonds is 2. The van der Waals surface area contributed by atoms with Crippen molar-refractivity contribution in [3.05, 3.63) is 0 Å². The van der Waals surface area contributed by atoms with Gasteiger partial charge in [0.25, 0.3) is 0 Å². The lowest BCUT2D eigenvalue weighted by Gasteiger charge is -2.20. The molecule has 0 aromatic rings. The molecule has 4 unspecified atom stereocenters. The van der Waals surface area contributed by atoms with E-state index in [0.29, 0.717) is 6.04 Å². The maximum atomic E-state index is 11.0. The van der Waals surface area contributed by atoms with Crippen LogP contribution in [-0.4, -0.2) is 12.3 Å². The largest absolute Gasteiger partial charge is 0.287 e. The lowest BCUT2D eigenvalue weighted by molar-refractivity contribution is 0.0578. The van der Waals surface area contributed by atoms with Crippen LogP contribution in [0, 0.1) is 11.8 Å². The molecule has 2 aliphatic carbocycles. The Bertz CT molecular complexity index is 158. The quantitative estimate of drug-likeness (QED) is 0.628. The molecule has 2 fully saturated rings. The van der Waals surface area contributed by atoms with Gasteiger partial charge >= 0.3 is 0 Å². The van der Waals surface area contributed by atoms with Crippen LogP contribution in [0.2, 0.25) is 0 Å². The van der Waals surface area contributed by atoms with E-state index in [1.165, 1.54) is 32.1 Å². The molecular formula is C10H18NO. The fraction of sp³-hybridized carbons (Fsp3) is 1.00. The Labute approximate surface area is 74.4 Å². The van der Waals surface area contributed by atoms with E-state index in [0.717, 1.165) is 11.8 Å². The first-order valence-electron chi connectivity index (χ1n) is 5.19. The first-order chi connectivity index (χ1) is 5.77. The van der Waals surface area contributed by atoms with Crippen LogP contribution < -0.4 is 5.32 Å². The molecule has 69 valence electrons. The average molecular weight is 168 g/mol. The molecule has 0 bridgehead atoms. The zero-order chi connectivity index (χ0) is 8.55. The predicted octanol–water partition coefficient (Wildman–Crippen LogP) is 1.93. The molecule has 0 saturated heterocycles. The molecule has 0 aliphatic heterocycles. The average Bonchev–Trinajstić information content (AvgIpc) is 2.52. The zero-order valence-electron chi connectivity index (χ0n) is 7.75. The van der Waals surface area contributed by atoms with Gasteiger partial charge in [0.2, 0.25) is 0 Å². The van der Waals surface area contributed by atoms with Crippen molar-refractivity contribution >= 4 is 0 Å². The zero-order valence-corrected chi connectivity index (χ0v) is 7.75. The minimum atomic E-state index is -0.575. The monoisotopic (exact) mass is 168 g/mol. The maximum Gasteiger partial charge on any atom is 0.141 e. The van der Waals surface area contributed by atoms with Crippen LogP contribution in [0.3, 0.4) is 0 Å². The number of hydrogen-bond acceptors (Lipinski definition) is 1. The van der Waals surface area contributed by atoms with E-state index in [1.54, 1.807) is 6.92 Å². The maximum absolute atomic E-state index is 11.0. The van der Waals surface area contributed by atoms with Crippen LogP contribution in [-0.2, 0) is 5.11 Å². The highest BCUT2D eigenvalue weighted by molar-refractivity contribution is 4.93. The summed E-state index contributed by atoms with van der Waals surface area (Å²) in [4.78, 5) is 0. The van der Waals surface area contributed by atoms with Crippen molar-refractivity contribution in [2.75, 3.05) is 0 Å². The second kappa shape index (κ2) is 3.35. The summed E-state index contributed by atoms with van der Waals surface area (Å²) in [5, 5.41) is 14.1. The molecule has 2 saturated carbocycles. The van der Waals surface area contributed by atoms with Gasteiger partial charge in [0.05, 0.1) is 0 Å². The van der Waals surface area contributed by atoms with E-state index in [1.807, 2.05) is 0 Å². The molecular weight excluding hydrogens is 150 g/mol. The van der Waals surface area contributed by atoms with Gasteiger partial charge in [0, 0.05) is 6.04 Å². The fourth-order valence-corrected chi connectivity index (χ4v) is 3.07. The molecule has 1 N–H and O–H groups in total. The summed E-state index contributed by atoms with van der Waals surface area (Å²) >= 11 is 0. The van der Waals surface area contributed by atoms with Crippen LogP contribution in [0.15, 0.2) is 0 Å². The Morgan fingerprint density at radius 2 is 2.08 bits per heavy atom. The third-order valence-corrected chi connectivity index (χ3v) is 3.53. The SMILES string of the molecule is CC([O])NC1CCC2CCCC21. The molecule has 0 aromatic carbocycles. The first-order valence-corrected chi connectivity index (χ1v) is 5.19. The number of nitrogens with one attached hydrogen (secondary N) is 1. The fourth-order valence-electron chi connectivity index (χ4n) is 3.07. The van der Waals surface area contributed by atoms with Gasteiger partial charge in [0.1, 0.15) is 6.23 Å². The summed E-state index contributed by atoms with van der Waals surface area (Å²) in [6.07, 6.45) is 6.18. The van der Waals surface area contributed by atoms with E-state index >= 15 is 0 Å². The van der Waals surface area contributed by atoms with Crippen molar-refractivity contribution in [1.82, 2.24) is 5.32 Å². The smallest absolute Gasteiger partial charge is 0.141 e. The molecule has 0 heterocycles. The molecule has 1 radical (unpaired) electrons. The highest BCUT2D eigenvalue weighted by atomic mass is 16.3. The van der Waals surface area contributed by atoms with Gasteiger partial charge in [-0.2, -0.15) is 0 Å². The van der Waals surface area contributed by atoms with Gasteiger partial charge < -0.3 is 0 Å². The van der Waals surface area contributed by atoms with Crippen LogP contribution in [0.25, 0.3) is 0 Å². The second-order valence-corrected chi connectivity index (χ2v) is 4.35. The molecule has 0 spiro atoms. The summed E-state index contributed by atoms with van der Waals surface area (Å²) in [6.45, 7) is 1.71. The minimum Gasteiger partial charge on any atom is -0.287 e. The van der Waals surface area contributed by atoms with Crippen molar-refractivity contribution in [2.24, 2.45) is 11.8 Å². The molecule has 4 atom stereocenters. The summed E-state index contributed by atoms with van der Waals surface area (Å²) in [6, 6.07) is 0.546. The van der Waals surface area contributed by atoms with Gasteiger partial charge in [-0.3, -0.25) is 5.32 Å². The standard InChI is InChI=1S/C10H18NO/c1-7(12)11-10-6-5-8-3-2-4-9(8)10/h7-11H,2-6H2,1H3. The highest BCUT2D eigenvalue weighted by Crippen LogP contribution is 2.43. The molecule has 2 aliphatic rings. The third-order valence-electron chi connectivity index (χ3n) is 3.53. The molecule has 2 nitrogen and oxygen atoms in total. The molecule has 12 heavy (non-hydrogen) atoms. The Kier molecular flexibility index (Phi) is 2.37. The predicted molar refractivity (Wildman–Crippen MR) is 47.1 cm³/mol. The minimum absolute atomic E-state index is 0.546. The van der Waals surface area contributed by atoms with Crippen LogP contribution in [0.4, 0.5) is 0 Å².